The number of piperazine rings is 1. The molecule has 8 heteroatoms. The van der Waals surface area contributed by atoms with Gasteiger partial charge in [0.05, 0.1) is 12.0 Å². The molecule has 4 unspecified atom stereocenters. The molecule has 0 saturated carbocycles. The summed E-state index contributed by atoms with van der Waals surface area (Å²) >= 11 is 1.54. The van der Waals surface area contributed by atoms with Crippen LogP contribution in [0.3, 0.4) is 0 Å². The van der Waals surface area contributed by atoms with Crippen LogP contribution in [0.2, 0.25) is 0 Å². The van der Waals surface area contributed by atoms with Crippen LogP contribution < -0.4 is 5.32 Å². The van der Waals surface area contributed by atoms with E-state index in [1.54, 1.807) is 29.2 Å². The molecule has 0 bridgehead atoms. The molecule has 4 atom stereocenters. The fourth-order valence-corrected chi connectivity index (χ4v) is 7.43. The molecule has 2 amide bonds. The van der Waals surface area contributed by atoms with Crippen LogP contribution in [0, 0.1) is 19.8 Å². The Balaban J connectivity index is 1.60. The van der Waals surface area contributed by atoms with E-state index in [2.05, 4.69) is 5.32 Å². The van der Waals surface area contributed by atoms with Gasteiger partial charge in [0.25, 0.3) is 5.91 Å². The van der Waals surface area contributed by atoms with Crippen molar-refractivity contribution >= 4 is 28.9 Å². The van der Waals surface area contributed by atoms with Gasteiger partial charge in [0.15, 0.2) is 5.76 Å². The minimum Gasteiger partial charge on any atom is -0.458 e. The molecule has 6 rings (SSSR count). The normalized spacial score (nSPS) is 22.6. The summed E-state index contributed by atoms with van der Waals surface area (Å²) in [5.74, 6) is -0.991. The summed E-state index contributed by atoms with van der Waals surface area (Å²) in [5.41, 5.74) is 2.30. The first kappa shape index (κ1) is 27.2. The van der Waals surface area contributed by atoms with E-state index < -0.39 is 23.9 Å². The summed E-state index contributed by atoms with van der Waals surface area (Å²) in [6.45, 7) is 6.28. The van der Waals surface area contributed by atoms with Crippen molar-refractivity contribution in [3.8, 4) is 0 Å². The first-order chi connectivity index (χ1) is 20.0. The second-order valence-electron chi connectivity index (χ2n) is 10.7. The Labute approximate surface area is 243 Å². The van der Waals surface area contributed by atoms with Gasteiger partial charge < -0.3 is 19.5 Å². The summed E-state index contributed by atoms with van der Waals surface area (Å²) in [6.07, 6.45) is 0. The molecule has 2 saturated heterocycles. The molecule has 0 aliphatic carbocycles. The average molecular weight is 568 g/mol. The number of likely N-dealkylation sites (tertiary alicyclic amines) is 1. The Morgan fingerprint density at radius 1 is 0.878 bits per heavy atom. The number of hydrogen-bond acceptors (Lipinski definition) is 6. The van der Waals surface area contributed by atoms with Crippen LogP contribution in [-0.2, 0) is 4.79 Å². The summed E-state index contributed by atoms with van der Waals surface area (Å²) < 4.78 is 5.88. The quantitative estimate of drug-likeness (QED) is 0.323. The second kappa shape index (κ2) is 11.5. The number of rotatable bonds is 6. The Morgan fingerprint density at radius 2 is 1.56 bits per heavy atom. The Bertz CT molecular complexity index is 1540. The lowest BCUT2D eigenvalue weighted by molar-refractivity contribution is -0.136. The average Bonchev–Trinajstić information content (AvgIpc) is 3.74. The number of carbonyl (C=O) groups is 3. The number of aryl methyl sites for hydroxylation is 2. The van der Waals surface area contributed by atoms with E-state index in [1.807, 2.05) is 78.7 Å². The van der Waals surface area contributed by atoms with Crippen molar-refractivity contribution in [3.05, 3.63) is 117 Å². The van der Waals surface area contributed by atoms with Gasteiger partial charge >= 0.3 is 0 Å². The molecule has 210 valence electrons. The van der Waals surface area contributed by atoms with Crippen LogP contribution in [0.1, 0.15) is 54.6 Å². The SMILES string of the molecule is Cc1ccc(C(=O)C2C(c3sccc3C)C(C(=O)N3CCNCC3)N(C(=O)c3ccccc3)C2c2ccccc2)o1. The van der Waals surface area contributed by atoms with Crippen molar-refractivity contribution in [3.63, 3.8) is 0 Å². The van der Waals surface area contributed by atoms with Gasteiger partial charge in [-0.2, -0.15) is 0 Å². The van der Waals surface area contributed by atoms with Gasteiger partial charge in [-0.05, 0) is 60.7 Å². The molecule has 0 spiro atoms. The number of carbonyl (C=O) groups excluding carboxylic acids is 3. The Hall–Kier alpha value is -4.01. The molecular formula is C33H33N3O4S. The number of amides is 2. The minimum absolute atomic E-state index is 0.125. The van der Waals surface area contributed by atoms with Crippen molar-refractivity contribution in [1.29, 1.82) is 0 Å². The third-order valence-electron chi connectivity index (χ3n) is 8.24. The van der Waals surface area contributed by atoms with Crippen LogP contribution in [-0.4, -0.2) is 59.6 Å². The van der Waals surface area contributed by atoms with Gasteiger partial charge in [-0.25, -0.2) is 0 Å². The number of benzene rings is 2. The van der Waals surface area contributed by atoms with E-state index in [4.69, 9.17) is 4.42 Å². The zero-order valence-electron chi connectivity index (χ0n) is 23.2. The molecule has 0 radical (unpaired) electrons. The number of nitrogens with one attached hydrogen (secondary N) is 1. The zero-order valence-corrected chi connectivity index (χ0v) is 24.0. The third kappa shape index (κ3) is 5.02. The van der Waals surface area contributed by atoms with Gasteiger partial charge in [0, 0.05) is 42.5 Å². The molecule has 1 N–H and O–H groups in total. The highest BCUT2D eigenvalue weighted by molar-refractivity contribution is 7.10. The molecule has 2 aliphatic rings. The fourth-order valence-electron chi connectivity index (χ4n) is 6.33. The largest absolute Gasteiger partial charge is 0.458 e. The maximum atomic E-state index is 14.6. The fraction of sp³-hybridized carbons (Fsp3) is 0.303. The minimum atomic E-state index is -0.867. The molecule has 7 nitrogen and oxygen atoms in total. The van der Waals surface area contributed by atoms with Crippen LogP contribution in [0.15, 0.2) is 88.7 Å². The number of nitrogens with zero attached hydrogens (tertiary/aromatic N) is 2. The van der Waals surface area contributed by atoms with E-state index >= 15 is 0 Å². The summed E-state index contributed by atoms with van der Waals surface area (Å²) in [7, 11) is 0. The lowest BCUT2D eigenvalue weighted by atomic mass is 9.79. The van der Waals surface area contributed by atoms with E-state index in [0.717, 1.165) is 16.0 Å². The monoisotopic (exact) mass is 567 g/mol. The Morgan fingerprint density at radius 3 is 2.17 bits per heavy atom. The van der Waals surface area contributed by atoms with E-state index in [-0.39, 0.29) is 23.4 Å². The third-order valence-corrected chi connectivity index (χ3v) is 9.36. The molecule has 2 aromatic carbocycles. The molecule has 4 heterocycles. The second-order valence-corrected chi connectivity index (χ2v) is 11.7. The highest BCUT2D eigenvalue weighted by Gasteiger charge is 2.59. The molecule has 2 aromatic heterocycles. The van der Waals surface area contributed by atoms with Gasteiger partial charge in [-0.1, -0.05) is 48.5 Å². The van der Waals surface area contributed by atoms with Crippen LogP contribution in [0.5, 0.6) is 0 Å². The predicted octanol–water partition coefficient (Wildman–Crippen LogP) is 5.24. The molecule has 4 aromatic rings. The highest BCUT2D eigenvalue weighted by atomic mass is 32.1. The van der Waals surface area contributed by atoms with E-state index in [0.29, 0.717) is 37.5 Å². The van der Waals surface area contributed by atoms with Crippen LogP contribution >= 0.6 is 11.3 Å². The lowest BCUT2D eigenvalue weighted by Gasteiger charge is -2.36. The van der Waals surface area contributed by atoms with E-state index in [1.165, 1.54) is 11.3 Å². The van der Waals surface area contributed by atoms with Crippen molar-refractivity contribution in [1.82, 2.24) is 15.1 Å². The first-order valence-corrected chi connectivity index (χ1v) is 14.9. The maximum absolute atomic E-state index is 14.6. The molecular weight excluding hydrogens is 534 g/mol. The Kier molecular flexibility index (Phi) is 7.60. The van der Waals surface area contributed by atoms with Crippen molar-refractivity contribution < 1.29 is 18.8 Å². The molecule has 41 heavy (non-hydrogen) atoms. The summed E-state index contributed by atoms with van der Waals surface area (Å²) in [5, 5.41) is 5.31. The zero-order chi connectivity index (χ0) is 28.5. The van der Waals surface area contributed by atoms with Crippen molar-refractivity contribution in [2.75, 3.05) is 26.2 Å². The standard InChI is InChI=1S/C33H33N3O4S/c1-21-15-20-41-31(21)27-26(30(37)25-14-13-22(2)40-25)28(23-9-5-3-6-10-23)36(32(38)24-11-7-4-8-12-24)29(27)33(39)35-18-16-34-17-19-35/h3-15,20,26-29,34H,16-19H2,1-2H3. The predicted molar refractivity (Wildman–Crippen MR) is 158 cm³/mol. The van der Waals surface area contributed by atoms with E-state index in [9.17, 15) is 14.4 Å². The van der Waals surface area contributed by atoms with Gasteiger partial charge in [-0.15, -0.1) is 11.3 Å². The maximum Gasteiger partial charge on any atom is 0.255 e. The number of Topliss-reactive ketones (excluding diaryl/α,β-unsaturated/α-hetero) is 1. The van der Waals surface area contributed by atoms with Crippen LogP contribution in [0.4, 0.5) is 0 Å². The summed E-state index contributed by atoms with van der Waals surface area (Å²) in [4.78, 5) is 48.2. The van der Waals surface area contributed by atoms with Gasteiger partial charge in [0.1, 0.15) is 11.8 Å². The lowest BCUT2D eigenvalue weighted by Crippen LogP contribution is -2.54. The molecule has 2 aliphatic heterocycles. The van der Waals surface area contributed by atoms with Crippen molar-refractivity contribution in [2.45, 2.75) is 31.8 Å². The first-order valence-electron chi connectivity index (χ1n) is 14.0. The van der Waals surface area contributed by atoms with Crippen LogP contribution in [0.25, 0.3) is 0 Å². The van der Waals surface area contributed by atoms with Gasteiger partial charge in [0.2, 0.25) is 11.7 Å². The number of hydrogen-bond donors (Lipinski definition) is 1. The summed E-state index contributed by atoms with van der Waals surface area (Å²) in [6, 6.07) is 22.6. The highest BCUT2D eigenvalue weighted by Crippen LogP contribution is 2.53. The van der Waals surface area contributed by atoms with Gasteiger partial charge in [-0.3, -0.25) is 14.4 Å². The molecule has 2 fully saturated rings. The number of ketones is 1. The van der Waals surface area contributed by atoms with Crippen molar-refractivity contribution in [2.24, 2.45) is 5.92 Å². The topological polar surface area (TPSA) is 82.9 Å². The smallest absolute Gasteiger partial charge is 0.255 e. The number of thiophene rings is 1. The number of furan rings is 1.